The fourth-order valence-corrected chi connectivity index (χ4v) is 1.20. The Hall–Kier alpha value is -0.0800. The van der Waals surface area contributed by atoms with E-state index in [1.165, 1.54) is 0 Å². The van der Waals surface area contributed by atoms with Crippen LogP contribution in [0.3, 0.4) is 0 Å². The zero-order chi connectivity index (χ0) is 6.85. The van der Waals surface area contributed by atoms with E-state index >= 15 is 0 Å². The zero-order valence-corrected chi connectivity index (χ0v) is 6.09. The van der Waals surface area contributed by atoms with Gasteiger partial charge in [0.1, 0.15) is 0 Å². The van der Waals surface area contributed by atoms with Crippen molar-refractivity contribution < 1.29 is 5.11 Å². The average Bonchev–Trinajstić information content (AvgIpc) is 1.60. The van der Waals surface area contributed by atoms with Gasteiger partial charge in [-0.05, 0) is 12.8 Å². The Morgan fingerprint density at radius 1 is 1.44 bits per heavy atom. The minimum absolute atomic E-state index is 0.0266. The summed E-state index contributed by atoms with van der Waals surface area (Å²) in [4.78, 5) is 0. The summed E-state index contributed by atoms with van der Waals surface area (Å²) >= 11 is 0. The Morgan fingerprint density at radius 2 is 2.00 bits per heavy atom. The van der Waals surface area contributed by atoms with Crippen molar-refractivity contribution in [2.45, 2.75) is 44.9 Å². The van der Waals surface area contributed by atoms with Crippen LogP contribution in [-0.2, 0) is 0 Å². The topological polar surface area (TPSA) is 32.3 Å². The van der Waals surface area contributed by atoms with Gasteiger partial charge >= 0.3 is 0 Å². The Morgan fingerprint density at radius 3 is 2.33 bits per heavy atom. The largest absolute Gasteiger partial charge is 0.393 e. The molecule has 2 heteroatoms. The van der Waals surface area contributed by atoms with E-state index in [0.29, 0.717) is 12.1 Å². The van der Waals surface area contributed by atoms with Gasteiger partial charge in [0.2, 0.25) is 0 Å². The molecule has 0 amide bonds. The normalized spacial score (nSPS) is 34.7. The van der Waals surface area contributed by atoms with Crippen molar-refractivity contribution in [3.63, 3.8) is 0 Å². The molecule has 0 aromatic rings. The third-order valence-corrected chi connectivity index (χ3v) is 1.68. The molecule has 1 aliphatic carbocycles. The highest BCUT2D eigenvalue weighted by molar-refractivity contribution is 4.85. The maximum Gasteiger partial charge on any atom is 0.0570 e. The molecular weight excluding hydrogens is 114 g/mol. The van der Waals surface area contributed by atoms with Gasteiger partial charge in [0.05, 0.1) is 6.10 Å². The Kier molecular flexibility index (Phi) is 2.09. The third-order valence-electron chi connectivity index (χ3n) is 1.68. The second-order valence-corrected chi connectivity index (χ2v) is 3.14. The van der Waals surface area contributed by atoms with Crippen LogP contribution in [0.4, 0.5) is 0 Å². The summed E-state index contributed by atoms with van der Waals surface area (Å²) in [5, 5.41) is 12.2. The van der Waals surface area contributed by atoms with Crippen LogP contribution < -0.4 is 5.32 Å². The summed E-state index contributed by atoms with van der Waals surface area (Å²) < 4.78 is 0. The van der Waals surface area contributed by atoms with Gasteiger partial charge in [-0.25, -0.2) is 0 Å². The fourth-order valence-electron chi connectivity index (χ4n) is 1.20. The molecule has 0 unspecified atom stereocenters. The molecule has 0 aromatic heterocycles. The summed E-state index contributed by atoms with van der Waals surface area (Å²) in [5.74, 6) is 0. The lowest BCUT2D eigenvalue weighted by atomic mass is 9.89. The van der Waals surface area contributed by atoms with Crippen LogP contribution in [0.5, 0.6) is 0 Å². The quantitative estimate of drug-likeness (QED) is 0.569. The number of rotatable bonds is 2. The number of nitrogens with one attached hydrogen (secondary N) is 1. The average molecular weight is 129 g/mol. The summed E-state index contributed by atoms with van der Waals surface area (Å²) in [6.45, 7) is 4.26. The van der Waals surface area contributed by atoms with Crippen molar-refractivity contribution in [1.29, 1.82) is 0 Å². The van der Waals surface area contributed by atoms with E-state index in [9.17, 15) is 0 Å². The van der Waals surface area contributed by atoms with Crippen molar-refractivity contribution in [3.8, 4) is 0 Å². The Bertz CT molecular complexity index is 86.9. The number of aliphatic hydroxyl groups excluding tert-OH is 1. The van der Waals surface area contributed by atoms with Gasteiger partial charge in [-0.1, -0.05) is 13.8 Å². The number of hydrogen-bond donors (Lipinski definition) is 2. The maximum absolute atomic E-state index is 8.89. The van der Waals surface area contributed by atoms with Gasteiger partial charge in [0, 0.05) is 12.1 Å². The van der Waals surface area contributed by atoms with Gasteiger partial charge in [0.25, 0.3) is 0 Å². The van der Waals surface area contributed by atoms with Gasteiger partial charge in [-0.2, -0.15) is 0 Å². The fraction of sp³-hybridized carbons (Fsp3) is 1.00. The predicted molar refractivity (Wildman–Crippen MR) is 37.3 cm³/mol. The van der Waals surface area contributed by atoms with Gasteiger partial charge in [-0.3, -0.25) is 0 Å². The van der Waals surface area contributed by atoms with Crippen molar-refractivity contribution in [3.05, 3.63) is 0 Å². The predicted octanol–water partition coefficient (Wildman–Crippen LogP) is 0.508. The first-order chi connectivity index (χ1) is 4.18. The van der Waals surface area contributed by atoms with Crippen molar-refractivity contribution in [2.24, 2.45) is 0 Å². The molecule has 0 aliphatic heterocycles. The van der Waals surface area contributed by atoms with Crippen molar-refractivity contribution in [2.75, 3.05) is 0 Å². The van der Waals surface area contributed by atoms with E-state index < -0.39 is 0 Å². The minimum Gasteiger partial charge on any atom is -0.393 e. The molecule has 2 nitrogen and oxygen atoms in total. The number of aliphatic hydroxyl groups is 1. The molecule has 0 aromatic carbocycles. The van der Waals surface area contributed by atoms with E-state index in [1.807, 2.05) is 0 Å². The van der Waals surface area contributed by atoms with Crippen LogP contribution in [0, 0.1) is 0 Å². The summed E-state index contributed by atoms with van der Waals surface area (Å²) in [7, 11) is 0. The SMILES string of the molecule is CC(C)N[C@H]1C[C@H](O)C1. The standard InChI is InChI=1S/C7H15NO/c1-5(2)8-6-3-7(9)4-6/h5-9H,3-4H2,1-2H3/t6-,7-. The molecule has 1 fully saturated rings. The molecule has 1 saturated carbocycles. The molecule has 0 bridgehead atoms. The highest BCUT2D eigenvalue weighted by Crippen LogP contribution is 2.19. The first-order valence-corrected chi connectivity index (χ1v) is 3.62. The van der Waals surface area contributed by atoms with Crippen LogP contribution in [0.1, 0.15) is 26.7 Å². The number of hydrogen-bond acceptors (Lipinski definition) is 2. The lowest BCUT2D eigenvalue weighted by Gasteiger charge is -2.33. The molecule has 0 heterocycles. The van der Waals surface area contributed by atoms with E-state index in [2.05, 4.69) is 19.2 Å². The van der Waals surface area contributed by atoms with Crippen LogP contribution in [0.25, 0.3) is 0 Å². The monoisotopic (exact) mass is 129 g/mol. The van der Waals surface area contributed by atoms with Crippen LogP contribution in [0.2, 0.25) is 0 Å². The first-order valence-electron chi connectivity index (χ1n) is 3.62. The molecular formula is C7H15NO. The smallest absolute Gasteiger partial charge is 0.0570 e. The highest BCUT2D eigenvalue weighted by Gasteiger charge is 2.26. The van der Waals surface area contributed by atoms with Crippen LogP contribution in [0.15, 0.2) is 0 Å². The molecule has 0 radical (unpaired) electrons. The molecule has 2 N–H and O–H groups in total. The van der Waals surface area contributed by atoms with Gasteiger partial charge < -0.3 is 10.4 Å². The molecule has 1 rings (SSSR count). The molecule has 0 saturated heterocycles. The van der Waals surface area contributed by atoms with E-state index in [4.69, 9.17) is 5.11 Å². The molecule has 54 valence electrons. The van der Waals surface area contributed by atoms with Crippen molar-refractivity contribution in [1.82, 2.24) is 5.32 Å². The Balaban J connectivity index is 2.04. The second-order valence-electron chi connectivity index (χ2n) is 3.14. The maximum atomic E-state index is 8.89. The summed E-state index contributed by atoms with van der Waals surface area (Å²) in [6.07, 6.45) is 1.86. The molecule has 0 spiro atoms. The lowest BCUT2D eigenvalue weighted by Crippen LogP contribution is -2.46. The van der Waals surface area contributed by atoms with Gasteiger partial charge in [0.15, 0.2) is 0 Å². The molecule has 1 aliphatic rings. The van der Waals surface area contributed by atoms with Crippen molar-refractivity contribution >= 4 is 0 Å². The Labute approximate surface area is 56.3 Å². The highest BCUT2D eigenvalue weighted by atomic mass is 16.3. The second kappa shape index (κ2) is 2.67. The lowest BCUT2D eigenvalue weighted by molar-refractivity contribution is 0.0595. The summed E-state index contributed by atoms with van der Waals surface area (Å²) in [5.41, 5.74) is 0. The molecule has 9 heavy (non-hydrogen) atoms. The van der Waals surface area contributed by atoms with Gasteiger partial charge in [-0.15, -0.1) is 0 Å². The first kappa shape index (κ1) is 7.03. The van der Waals surface area contributed by atoms with E-state index in [0.717, 1.165) is 12.8 Å². The minimum atomic E-state index is -0.0266. The third kappa shape index (κ3) is 1.95. The van der Waals surface area contributed by atoms with E-state index in [1.54, 1.807) is 0 Å². The summed E-state index contributed by atoms with van der Waals surface area (Å²) in [6, 6.07) is 1.14. The van der Waals surface area contributed by atoms with E-state index in [-0.39, 0.29) is 6.10 Å². The zero-order valence-electron chi connectivity index (χ0n) is 6.09. The van der Waals surface area contributed by atoms with Crippen LogP contribution >= 0.6 is 0 Å². The molecule has 0 atom stereocenters. The van der Waals surface area contributed by atoms with Crippen LogP contribution in [-0.4, -0.2) is 23.3 Å².